The molecule has 6 nitrogen and oxygen atoms in total. The molecule has 1 aliphatic carbocycles. The van der Waals surface area contributed by atoms with Gasteiger partial charge in [-0.1, -0.05) is 25.1 Å². The summed E-state index contributed by atoms with van der Waals surface area (Å²) >= 11 is 0.973. The first-order valence-electron chi connectivity index (χ1n) is 6.80. The van der Waals surface area contributed by atoms with Gasteiger partial charge in [0.15, 0.2) is 0 Å². The molecule has 20 heavy (non-hydrogen) atoms. The largest absolute Gasteiger partial charge is 0.353 e. The van der Waals surface area contributed by atoms with Gasteiger partial charge in [-0.05, 0) is 12.8 Å². The molecular weight excluding hydrogens is 280 g/mol. The Hall–Kier alpha value is -1.37. The van der Waals surface area contributed by atoms with Crippen LogP contribution in [-0.2, 0) is 14.4 Å². The number of amides is 3. The second-order valence-electron chi connectivity index (χ2n) is 5.07. The lowest BCUT2D eigenvalue weighted by molar-refractivity contribution is -0.148. The maximum Gasteiger partial charge on any atom is 0.288 e. The van der Waals surface area contributed by atoms with E-state index in [1.807, 2.05) is 0 Å². The molecule has 0 aromatic heterocycles. The number of hydrogen-bond acceptors (Lipinski definition) is 5. The zero-order valence-electron chi connectivity index (χ0n) is 11.4. The molecule has 1 saturated carbocycles. The first-order chi connectivity index (χ1) is 9.51. The normalized spacial score (nSPS) is 20.8. The maximum atomic E-state index is 12.2. The molecule has 1 N–H and O–H groups in total. The van der Waals surface area contributed by atoms with Crippen LogP contribution >= 0.6 is 11.8 Å². The Balaban J connectivity index is 1.84. The summed E-state index contributed by atoms with van der Waals surface area (Å²) in [5, 5.41) is 2.42. The molecule has 0 atom stereocenters. The third kappa shape index (κ3) is 2.59. The minimum atomic E-state index is -0.859. The van der Waals surface area contributed by atoms with Crippen LogP contribution in [0.25, 0.3) is 0 Å². The number of Topliss-reactive ketones (excluding diaryl/α,β-unsaturated/α-hetero) is 1. The number of hydrogen-bond donors (Lipinski definition) is 1. The van der Waals surface area contributed by atoms with E-state index in [1.165, 1.54) is 0 Å². The Morgan fingerprint density at radius 3 is 2.50 bits per heavy atom. The van der Waals surface area contributed by atoms with Crippen molar-refractivity contribution in [1.29, 1.82) is 0 Å². The molecule has 0 aromatic carbocycles. The Kier molecular flexibility index (Phi) is 4.47. The van der Waals surface area contributed by atoms with E-state index in [0.29, 0.717) is 19.3 Å². The fourth-order valence-electron chi connectivity index (χ4n) is 2.55. The third-order valence-electron chi connectivity index (χ3n) is 3.96. The quantitative estimate of drug-likeness (QED) is 0.738. The van der Waals surface area contributed by atoms with Crippen molar-refractivity contribution in [2.24, 2.45) is 5.41 Å². The van der Waals surface area contributed by atoms with Gasteiger partial charge in [0.2, 0.25) is 11.8 Å². The molecule has 3 amide bonds. The van der Waals surface area contributed by atoms with E-state index in [1.54, 1.807) is 6.92 Å². The summed E-state index contributed by atoms with van der Waals surface area (Å²) in [7, 11) is 0. The topological polar surface area (TPSA) is 83.6 Å². The average Bonchev–Trinajstić information content (AvgIpc) is 2.68. The smallest absolute Gasteiger partial charge is 0.288 e. The number of thioether (sulfide) groups is 1. The van der Waals surface area contributed by atoms with Crippen LogP contribution in [0.3, 0.4) is 0 Å². The van der Waals surface area contributed by atoms with Crippen molar-refractivity contribution in [3.05, 3.63) is 0 Å². The van der Waals surface area contributed by atoms with Crippen LogP contribution < -0.4 is 5.32 Å². The van der Waals surface area contributed by atoms with Crippen molar-refractivity contribution in [2.75, 3.05) is 18.8 Å². The molecule has 110 valence electrons. The number of carbonyl (C=O) groups excluding carboxylic acids is 4. The van der Waals surface area contributed by atoms with Gasteiger partial charge in [0.25, 0.3) is 5.24 Å². The summed E-state index contributed by atoms with van der Waals surface area (Å²) in [4.78, 5) is 48.0. The van der Waals surface area contributed by atoms with Crippen LogP contribution in [0.2, 0.25) is 0 Å². The van der Waals surface area contributed by atoms with Gasteiger partial charge in [-0.25, -0.2) is 0 Å². The molecule has 2 rings (SSSR count). The molecule has 1 saturated heterocycles. The van der Waals surface area contributed by atoms with Crippen molar-refractivity contribution >= 4 is 34.6 Å². The van der Waals surface area contributed by atoms with Crippen LogP contribution in [0.1, 0.15) is 32.6 Å². The van der Waals surface area contributed by atoms with E-state index >= 15 is 0 Å². The summed E-state index contributed by atoms with van der Waals surface area (Å²) in [5.74, 6) is -0.338. The number of ketones is 1. The molecular formula is C13H18N2O4S. The van der Waals surface area contributed by atoms with E-state index in [2.05, 4.69) is 5.32 Å². The average molecular weight is 298 g/mol. The SMILES string of the molecule is CCC(=O)C1(C(=O)NCCN2C(=O)CSC2=O)CCC1. The Labute approximate surface area is 121 Å². The first-order valence-corrected chi connectivity index (χ1v) is 7.78. The minimum absolute atomic E-state index is 0.0230. The van der Waals surface area contributed by atoms with Gasteiger partial charge in [-0.3, -0.25) is 24.1 Å². The van der Waals surface area contributed by atoms with Crippen LogP contribution in [0.15, 0.2) is 0 Å². The Morgan fingerprint density at radius 2 is 2.05 bits per heavy atom. The Morgan fingerprint density at radius 1 is 1.35 bits per heavy atom. The van der Waals surface area contributed by atoms with Crippen LogP contribution in [0.4, 0.5) is 4.79 Å². The molecule has 1 heterocycles. The molecule has 7 heteroatoms. The van der Waals surface area contributed by atoms with Gasteiger partial charge >= 0.3 is 0 Å². The fourth-order valence-corrected chi connectivity index (χ4v) is 3.30. The summed E-state index contributed by atoms with van der Waals surface area (Å²) in [6, 6.07) is 0. The second-order valence-corrected chi connectivity index (χ2v) is 5.99. The lowest BCUT2D eigenvalue weighted by atomic mass is 9.64. The van der Waals surface area contributed by atoms with Crippen molar-refractivity contribution < 1.29 is 19.2 Å². The number of nitrogens with zero attached hydrogens (tertiary/aromatic N) is 1. The van der Waals surface area contributed by atoms with Crippen LogP contribution in [-0.4, -0.2) is 46.6 Å². The van der Waals surface area contributed by atoms with Gasteiger partial charge in [0.05, 0.1) is 5.75 Å². The van der Waals surface area contributed by atoms with E-state index in [4.69, 9.17) is 0 Å². The van der Waals surface area contributed by atoms with Gasteiger partial charge < -0.3 is 5.32 Å². The third-order valence-corrected chi connectivity index (χ3v) is 4.82. The van der Waals surface area contributed by atoms with E-state index in [9.17, 15) is 19.2 Å². The first kappa shape index (κ1) is 15.0. The van der Waals surface area contributed by atoms with Crippen molar-refractivity contribution in [3.8, 4) is 0 Å². The van der Waals surface area contributed by atoms with E-state index in [0.717, 1.165) is 23.1 Å². The predicted molar refractivity (Wildman–Crippen MR) is 74.2 cm³/mol. The molecule has 0 spiro atoms. The molecule has 2 fully saturated rings. The zero-order valence-corrected chi connectivity index (χ0v) is 12.3. The lowest BCUT2D eigenvalue weighted by Gasteiger charge is -2.38. The monoisotopic (exact) mass is 298 g/mol. The molecule has 1 aliphatic heterocycles. The molecule has 2 aliphatic rings. The number of carbonyl (C=O) groups is 4. The Bertz CT molecular complexity index is 443. The molecule has 0 unspecified atom stereocenters. The number of rotatable bonds is 6. The van der Waals surface area contributed by atoms with Crippen molar-refractivity contribution in [2.45, 2.75) is 32.6 Å². The highest BCUT2D eigenvalue weighted by Gasteiger charge is 2.49. The van der Waals surface area contributed by atoms with Gasteiger partial charge in [-0.2, -0.15) is 0 Å². The standard InChI is InChI=1S/C13H18N2O4S/c1-2-9(16)13(4-3-5-13)11(18)14-6-7-15-10(17)8-20-12(15)19/h2-8H2,1H3,(H,14,18). The zero-order chi connectivity index (χ0) is 14.8. The van der Waals surface area contributed by atoms with Crippen molar-refractivity contribution in [1.82, 2.24) is 10.2 Å². The molecule has 0 aromatic rings. The number of imide groups is 1. The minimum Gasteiger partial charge on any atom is -0.353 e. The summed E-state index contributed by atoms with van der Waals surface area (Å²) in [5.41, 5.74) is -0.859. The van der Waals surface area contributed by atoms with Crippen LogP contribution in [0.5, 0.6) is 0 Å². The molecule has 0 radical (unpaired) electrons. The highest BCUT2D eigenvalue weighted by atomic mass is 32.2. The highest BCUT2D eigenvalue weighted by Crippen LogP contribution is 2.42. The maximum absolute atomic E-state index is 12.2. The number of nitrogens with one attached hydrogen (secondary N) is 1. The second kappa shape index (κ2) is 5.95. The predicted octanol–water partition coefficient (Wildman–Crippen LogP) is 0.947. The van der Waals surface area contributed by atoms with Crippen LogP contribution in [0, 0.1) is 5.41 Å². The van der Waals surface area contributed by atoms with Crippen molar-refractivity contribution in [3.63, 3.8) is 0 Å². The highest BCUT2D eigenvalue weighted by molar-refractivity contribution is 8.14. The fraction of sp³-hybridized carbons (Fsp3) is 0.692. The summed E-state index contributed by atoms with van der Waals surface area (Å²) in [6.45, 7) is 2.14. The lowest BCUT2D eigenvalue weighted by Crippen LogP contribution is -2.52. The van der Waals surface area contributed by atoms with Gasteiger partial charge in [0.1, 0.15) is 11.2 Å². The summed E-state index contributed by atoms with van der Waals surface area (Å²) < 4.78 is 0. The van der Waals surface area contributed by atoms with Gasteiger partial charge in [-0.15, -0.1) is 0 Å². The molecule has 0 bridgehead atoms. The van der Waals surface area contributed by atoms with E-state index < -0.39 is 5.41 Å². The van der Waals surface area contributed by atoms with Gasteiger partial charge in [0, 0.05) is 19.5 Å². The summed E-state index contributed by atoms with van der Waals surface area (Å²) in [6.07, 6.45) is 2.44. The van der Waals surface area contributed by atoms with E-state index in [-0.39, 0.29) is 41.7 Å².